The topological polar surface area (TPSA) is 40.4 Å². The molecule has 3 saturated carbocycles. The van der Waals surface area contributed by atoms with Gasteiger partial charge < -0.3 is 9.80 Å². The lowest BCUT2D eigenvalue weighted by molar-refractivity contribution is -0.148. The molecule has 3 aliphatic carbocycles. The van der Waals surface area contributed by atoms with Gasteiger partial charge in [-0.05, 0) is 63.0 Å². The van der Waals surface area contributed by atoms with Gasteiger partial charge in [-0.3, -0.25) is 9.59 Å². The standard InChI is InChI=1S/C22H28N2O2/c25-20(19-15-24(19)17-6-2-1-3-7-17)22-10-8-16(9-11-22)18(14-22)21(26)23-12-4-5-13-23/h1-3,6-7,16,18-19H,4-5,8-15H2. The number of nitrogens with zero attached hydrogens (tertiary/aromatic N) is 2. The number of likely N-dealkylation sites (tertiary alicyclic amines) is 1. The van der Waals surface area contributed by atoms with Crippen molar-refractivity contribution in [2.75, 3.05) is 24.5 Å². The van der Waals surface area contributed by atoms with Crippen molar-refractivity contribution in [2.24, 2.45) is 17.3 Å². The van der Waals surface area contributed by atoms with Crippen LogP contribution in [0.5, 0.6) is 0 Å². The number of rotatable bonds is 4. The number of fused-ring (bicyclic) bond motifs is 3. The van der Waals surface area contributed by atoms with Gasteiger partial charge in [0.05, 0.1) is 0 Å². The number of hydrogen-bond donors (Lipinski definition) is 0. The first-order chi connectivity index (χ1) is 12.7. The van der Waals surface area contributed by atoms with Crippen LogP contribution in [-0.4, -0.2) is 42.3 Å². The van der Waals surface area contributed by atoms with E-state index in [0.717, 1.165) is 70.3 Å². The van der Waals surface area contributed by atoms with Gasteiger partial charge in [-0.15, -0.1) is 0 Å². The molecule has 138 valence electrons. The van der Waals surface area contributed by atoms with E-state index in [1.54, 1.807) is 0 Å². The van der Waals surface area contributed by atoms with Crippen molar-refractivity contribution in [1.82, 2.24) is 4.90 Å². The Bertz CT molecular complexity index is 702. The van der Waals surface area contributed by atoms with Gasteiger partial charge in [-0.25, -0.2) is 0 Å². The largest absolute Gasteiger partial charge is 0.357 e. The molecule has 2 saturated heterocycles. The lowest BCUT2D eigenvalue weighted by Crippen LogP contribution is -2.51. The molecule has 2 atom stereocenters. The van der Waals surface area contributed by atoms with E-state index in [9.17, 15) is 9.59 Å². The number of Topliss-reactive ketones (excluding diaryl/α,β-unsaturated/α-hetero) is 1. The quantitative estimate of drug-likeness (QED) is 0.781. The van der Waals surface area contributed by atoms with Gasteiger partial charge >= 0.3 is 0 Å². The number of anilines is 1. The molecule has 4 nitrogen and oxygen atoms in total. The van der Waals surface area contributed by atoms with Gasteiger partial charge in [0.25, 0.3) is 0 Å². The van der Waals surface area contributed by atoms with Crippen molar-refractivity contribution in [2.45, 2.75) is 51.0 Å². The van der Waals surface area contributed by atoms with E-state index in [1.165, 1.54) is 0 Å². The van der Waals surface area contributed by atoms with Crippen LogP contribution in [-0.2, 0) is 9.59 Å². The van der Waals surface area contributed by atoms with Gasteiger partial charge in [0, 0.05) is 36.7 Å². The first-order valence-corrected chi connectivity index (χ1v) is 10.3. The van der Waals surface area contributed by atoms with E-state index in [-0.39, 0.29) is 17.4 Å². The van der Waals surface area contributed by atoms with E-state index in [1.807, 2.05) is 18.2 Å². The summed E-state index contributed by atoms with van der Waals surface area (Å²) in [7, 11) is 0. The van der Waals surface area contributed by atoms with Gasteiger partial charge in [0.2, 0.25) is 5.91 Å². The third-order valence-corrected chi connectivity index (χ3v) is 7.43. The molecule has 2 heterocycles. The molecule has 26 heavy (non-hydrogen) atoms. The third-order valence-electron chi connectivity index (χ3n) is 7.43. The van der Waals surface area contributed by atoms with Gasteiger partial charge in [-0.1, -0.05) is 18.2 Å². The maximum absolute atomic E-state index is 13.4. The third kappa shape index (κ3) is 2.57. The smallest absolute Gasteiger partial charge is 0.225 e. The number of hydrogen-bond acceptors (Lipinski definition) is 3. The fourth-order valence-corrected chi connectivity index (χ4v) is 5.82. The maximum Gasteiger partial charge on any atom is 0.225 e. The SMILES string of the molecule is O=C(C1CC2(C(=O)C3CN3c3ccccc3)CCC1CC2)N1CCCC1. The zero-order valence-electron chi connectivity index (χ0n) is 15.4. The van der Waals surface area contributed by atoms with Crippen LogP contribution in [0.15, 0.2) is 30.3 Å². The molecule has 2 unspecified atom stereocenters. The predicted molar refractivity (Wildman–Crippen MR) is 101 cm³/mol. The Balaban J connectivity index is 1.32. The molecule has 6 rings (SSSR count). The molecule has 1 amide bonds. The average Bonchev–Trinajstić information content (AvgIpc) is 3.32. The van der Waals surface area contributed by atoms with Crippen LogP contribution >= 0.6 is 0 Å². The predicted octanol–water partition coefficient (Wildman–Crippen LogP) is 3.26. The molecule has 5 fully saturated rings. The van der Waals surface area contributed by atoms with Crippen LogP contribution in [0, 0.1) is 17.3 Å². The zero-order chi connectivity index (χ0) is 17.7. The molecule has 2 bridgehead atoms. The van der Waals surface area contributed by atoms with Crippen LogP contribution in [0.4, 0.5) is 5.69 Å². The molecular weight excluding hydrogens is 324 g/mol. The highest BCUT2D eigenvalue weighted by Crippen LogP contribution is 2.55. The summed E-state index contributed by atoms with van der Waals surface area (Å²) in [4.78, 5) is 30.8. The highest BCUT2D eigenvalue weighted by Gasteiger charge is 2.57. The molecule has 0 spiro atoms. The molecular formula is C22H28N2O2. The van der Waals surface area contributed by atoms with E-state index in [0.29, 0.717) is 17.6 Å². The lowest BCUT2D eigenvalue weighted by Gasteiger charge is -2.50. The summed E-state index contributed by atoms with van der Waals surface area (Å²) in [6, 6.07) is 10.3. The molecule has 0 radical (unpaired) electrons. The molecule has 0 N–H and O–H groups in total. The molecule has 5 aliphatic rings. The Hall–Kier alpha value is -1.84. The van der Waals surface area contributed by atoms with Gasteiger partial charge in [0.1, 0.15) is 6.04 Å². The van der Waals surface area contributed by atoms with E-state index in [2.05, 4.69) is 21.9 Å². The highest BCUT2D eigenvalue weighted by molar-refractivity contribution is 5.97. The Morgan fingerprint density at radius 3 is 2.38 bits per heavy atom. The molecule has 0 aromatic heterocycles. The Kier molecular flexibility index (Phi) is 3.84. The lowest BCUT2D eigenvalue weighted by atomic mass is 9.54. The van der Waals surface area contributed by atoms with Crippen molar-refractivity contribution in [3.8, 4) is 0 Å². The van der Waals surface area contributed by atoms with Crippen LogP contribution in [0.25, 0.3) is 0 Å². The Morgan fingerprint density at radius 2 is 1.69 bits per heavy atom. The summed E-state index contributed by atoms with van der Waals surface area (Å²) >= 11 is 0. The molecule has 2 aliphatic heterocycles. The van der Waals surface area contributed by atoms with E-state index < -0.39 is 0 Å². The van der Waals surface area contributed by atoms with Crippen molar-refractivity contribution in [3.63, 3.8) is 0 Å². The summed E-state index contributed by atoms with van der Waals surface area (Å²) in [5.74, 6) is 1.38. The van der Waals surface area contributed by atoms with E-state index in [4.69, 9.17) is 0 Å². The minimum absolute atomic E-state index is 0.0367. The number of para-hydroxylation sites is 1. The van der Waals surface area contributed by atoms with Crippen molar-refractivity contribution >= 4 is 17.4 Å². The summed E-state index contributed by atoms with van der Waals surface area (Å²) < 4.78 is 0. The fraction of sp³-hybridized carbons (Fsp3) is 0.636. The number of carbonyl (C=O) groups is 2. The van der Waals surface area contributed by atoms with Crippen LogP contribution in [0.3, 0.4) is 0 Å². The minimum Gasteiger partial charge on any atom is -0.357 e. The Morgan fingerprint density at radius 1 is 1.00 bits per heavy atom. The summed E-state index contributed by atoms with van der Waals surface area (Å²) in [5, 5.41) is 0. The maximum atomic E-state index is 13.4. The number of benzene rings is 1. The normalized spacial score (nSPS) is 35.6. The van der Waals surface area contributed by atoms with Crippen LogP contribution < -0.4 is 4.90 Å². The monoisotopic (exact) mass is 352 g/mol. The van der Waals surface area contributed by atoms with Crippen LogP contribution in [0.2, 0.25) is 0 Å². The number of amides is 1. The second-order valence-electron chi connectivity index (χ2n) is 8.83. The summed E-state index contributed by atoms with van der Waals surface area (Å²) in [6.45, 7) is 2.69. The summed E-state index contributed by atoms with van der Waals surface area (Å²) in [6.07, 6.45) is 7.22. The molecule has 1 aromatic rings. The van der Waals surface area contributed by atoms with Gasteiger partial charge in [-0.2, -0.15) is 0 Å². The highest BCUT2D eigenvalue weighted by atomic mass is 16.2. The summed E-state index contributed by atoms with van der Waals surface area (Å²) in [5.41, 5.74) is 0.916. The average molecular weight is 352 g/mol. The fourth-order valence-electron chi connectivity index (χ4n) is 5.82. The number of ketones is 1. The van der Waals surface area contributed by atoms with Crippen molar-refractivity contribution in [3.05, 3.63) is 30.3 Å². The van der Waals surface area contributed by atoms with Crippen molar-refractivity contribution < 1.29 is 9.59 Å². The first kappa shape index (κ1) is 16.3. The molecule has 4 heteroatoms. The minimum atomic E-state index is -0.233. The number of carbonyl (C=O) groups excluding carboxylic acids is 2. The van der Waals surface area contributed by atoms with Crippen molar-refractivity contribution in [1.29, 1.82) is 0 Å². The Labute approximate surface area is 155 Å². The zero-order valence-corrected chi connectivity index (χ0v) is 15.4. The van der Waals surface area contributed by atoms with Gasteiger partial charge in [0.15, 0.2) is 5.78 Å². The second-order valence-corrected chi connectivity index (χ2v) is 8.83. The second kappa shape index (κ2) is 6.11. The van der Waals surface area contributed by atoms with E-state index >= 15 is 0 Å². The molecule has 1 aromatic carbocycles. The first-order valence-electron chi connectivity index (χ1n) is 10.3. The van der Waals surface area contributed by atoms with Crippen LogP contribution in [0.1, 0.15) is 44.9 Å².